The number of esters is 1. The minimum atomic E-state index is -2.02. The topological polar surface area (TPSA) is 84.0 Å². The Kier molecular flexibility index (Phi) is 7.16. The molecule has 42 heavy (non-hydrogen) atoms. The number of allylic oxidation sites excluding steroid dienone is 2. The number of aryl methyl sites for hydroxylation is 2. The van der Waals surface area contributed by atoms with E-state index in [-0.39, 0.29) is 40.4 Å². The zero-order valence-electron chi connectivity index (χ0n) is 22.1. The number of benzene rings is 2. The molecule has 5 atom stereocenters. The largest absolute Gasteiger partial charge is 0.426 e. The summed E-state index contributed by atoms with van der Waals surface area (Å²) < 4.78 is 3.60. The zero-order valence-corrected chi connectivity index (χ0v) is 26.6. The van der Waals surface area contributed by atoms with Gasteiger partial charge in [0.25, 0.3) is 0 Å². The SMILES string of the molecule is CCc1ccccc1N1C[C@H](C(=O)Oc2ccc(N3C(=O)[C@@H]4[C@@H](C3=O)[C@@]3(Cl)C(Cl)=C(Cl)[C@@]4(Cl)C3(Cl)Cl)c(C)c2)CC1=O. The highest BCUT2D eigenvalue weighted by atomic mass is 35.5. The van der Waals surface area contributed by atoms with Crippen LogP contribution in [0.4, 0.5) is 11.4 Å². The van der Waals surface area contributed by atoms with Gasteiger partial charge in [-0.2, -0.15) is 0 Å². The van der Waals surface area contributed by atoms with Crippen LogP contribution in [0.3, 0.4) is 0 Å². The summed E-state index contributed by atoms with van der Waals surface area (Å²) in [4.78, 5) is 52.0. The predicted octanol–water partition coefficient (Wildman–Crippen LogP) is 6.47. The second kappa shape index (κ2) is 10.0. The Morgan fingerprint density at radius 2 is 1.52 bits per heavy atom. The fraction of sp³-hybridized carbons (Fsp3) is 0.379. The van der Waals surface area contributed by atoms with E-state index in [4.69, 9.17) is 74.3 Å². The third kappa shape index (κ3) is 3.74. The lowest BCUT2D eigenvalue weighted by molar-refractivity contribution is -0.139. The zero-order chi connectivity index (χ0) is 30.5. The number of ether oxygens (including phenoxy) is 1. The summed E-state index contributed by atoms with van der Waals surface area (Å²) in [7, 11) is 0. The van der Waals surface area contributed by atoms with Crippen molar-refractivity contribution in [3.8, 4) is 5.75 Å². The van der Waals surface area contributed by atoms with Crippen molar-refractivity contribution in [2.75, 3.05) is 16.3 Å². The van der Waals surface area contributed by atoms with E-state index in [1.807, 2.05) is 31.2 Å². The summed E-state index contributed by atoms with van der Waals surface area (Å²) in [5.74, 6) is -5.06. The van der Waals surface area contributed by atoms with Gasteiger partial charge in [-0.15, -0.1) is 23.2 Å². The molecule has 0 unspecified atom stereocenters. The number of para-hydroxylation sites is 1. The molecule has 2 bridgehead atoms. The van der Waals surface area contributed by atoms with E-state index in [9.17, 15) is 19.2 Å². The van der Waals surface area contributed by atoms with Gasteiger partial charge in [-0.3, -0.25) is 19.2 Å². The van der Waals surface area contributed by atoms with Crippen LogP contribution < -0.4 is 14.5 Å². The number of hydrogen-bond acceptors (Lipinski definition) is 5. The number of imide groups is 1. The second-order valence-corrected chi connectivity index (χ2v) is 14.1. The summed E-state index contributed by atoms with van der Waals surface area (Å²) in [6, 6.07) is 12.0. The lowest BCUT2D eigenvalue weighted by atomic mass is 9.84. The van der Waals surface area contributed by atoms with E-state index in [2.05, 4.69) is 0 Å². The molecule has 3 amide bonds. The Morgan fingerprint density at radius 3 is 2.10 bits per heavy atom. The molecule has 0 N–H and O–H groups in total. The predicted molar refractivity (Wildman–Crippen MR) is 163 cm³/mol. The first-order valence-electron chi connectivity index (χ1n) is 13.1. The van der Waals surface area contributed by atoms with Crippen LogP contribution in [0.2, 0.25) is 0 Å². The van der Waals surface area contributed by atoms with E-state index >= 15 is 0 Å². The molecule has 220 valence electrons. The van der Waals surface area contributed by atoms with Crippen molar-refractivity contribution in [3.63, 3.8) is 0 Å². The number of alkyl halides is 4. The summed E-state index contributed by atoms with van der Waals surface area (Å²) >= 11 is 39.4. The third-order valence-corrected chi connectivity index (χ3v) is 12.9. The number of halogens is 6. The number of rotatable bonds is 5. The quantitative estimate of drug-likeness (QED) is 0.156. The fourth-order valence-corrected chi connectivity index (χ4v) is 9.47. The molecule has 2 aromatic carbocycles. The maximum Gasteiger partial charge on any atom is 0.316 e. The van der Waals surface area contributed by atoms with Crippen molar-refractivity contribution >= 4 is 105 Å². The van der Waals surface area contributed by atoms with Crippen molar-refractivity contribution in [1.82, 2.24) is 0 Å². The number of hydrogen-bond donors (Lipinski definition) is 0. The number of carbonyl (C=O) groups excluding carboxylic acids is 4. The lowest BCUT2D eigenvalue weighted by Crippen LogP contribution is -2.50. The number of amides is 3. The van der Waals surface area contributed by atoms with Gasteiger partial charge in [0.1, 0.15) is 15.5 Å². The molecular formula is C29H22Cl6N2O5. The van der Waals surface area contributed by atoms with Gasteiger partial charge >= 0.3 is 5.97 Å². The van der Waals surface area contributed by atoms with Crippen LogP contribution in [-0.2, 0) is 25.6 Å². The van der Waals surface area contributed by atoms with E-state index in [0.717, 1.165) is 22.6 Å². The molecule has 2 aliphatic heterocycles. The Hall–Kier alpha value is -2.00. The van der Waals surface area contributed by atoms with Crippen molar-refractivity contribution in [2.45, 2.75) is 40.8 Å². The number of anilines is 2. The molecule has 6 rings (SSSR count). The summed E-state index contributed by atoms with van der Waals surface area (Å²) in [5.41, 5.74) is 2.49. The molecule has 1 saturated carbocycles. The number of carbonyl (C=O) groups is 4. The normalized spacial score (nSPS) is 31.4. The molecule has 2 aliphatic carbocycles. The van der Waals surface area contributed by atoms with Gasteiger partial charge in [0.15, 0.2) is 4.33 Å². The summed E-state index contributed by atoms with van der Waals surface area (Å²) in [5, 5.41) is -0.340. The molecule has 0 radical (unpaired) electrons. The van der Waals surface area contributed by atoms with Crippen molar-refractivity contribution < 1.29 is 23.9 Å². The van der Waals surface area contributed by atoms with Gasteiger partial charge in [-0.05, 0) is 48.7 Å². The molecule has 2 heterocycles. The monoisotopic (exact) mass is 688 g/mol. The van der Waals surface area contributed by atoms with Gasteiger partial charge in [0, 0.05) is 18.7 Å². The lowest BCUT2D eigenvalue weighted by Gasteiger charge is -2.34. The molecular weight excluding hydrogens is 669 g/mol. The van der Waals surface area contributed by atoms with Crippen LogP contribution >= 0.6 is 69.6 Å². The van der Waals surface area contributed by atoms with Crippen LogP contribution in [0.15, 0.2) is 52.5 Å². The summed E-state index contributed by atoms with van der Waals surface area (Å²) in [6.07, 6.45) is 0.771. The van der Waals surface area contributed by atoms with Crippen LogP contribution in [-0.4, -0.2) is 44.3 Å². The molecule has 2 saturated heterocycles. The molecule has 7 nitrogen and oxygen atoms in total. The maximum atomic E-state index is 13.7. The van der Waals surface area contributed by atoms with Gasteiger partial charge in [0.05, 0.1) is 33.5 Å². The van der Waals surface area contributed by atoms with E-state index in [1.54, 1.807) is 11.8 Å². The van der Waals surface area contributed by atoms with Crippen LogP contribution in [0.1, 0.15) is 24.5 Å². The van der Waals surface area contributed by atoms with E-state index in [1.165, 1.54) is 18.2 Å². The highest BCUT2D eigenvalue weighted by Crippen LogP contribution is 2.77. The first kappa shape index (κ1) is 30.0. The Balaban J connectivity index is 1.22. The number of nitrogens with zero attached hydrogens (tertiary/aromatic N) is 2. The van der Waals surface area contributed by atoms with Crippen molar-refractivity contribution in [1.29, 1.82) is 0 Å². The molecule has 0 aromatic heterocycles. The van der Waals surface area contributed by atoms with Crippen LogP contribution in [0.5, 0.6) is 5.75 Å². The maximum absolute atomic E-state index is 13.7. The van der Waals surface area contributed by atoms with E-state index in [0.29, 0.717) is 5.56 Å². The average molecular weight is 691 g/mol. The highest BCUT2D eigenvalue weighted by Gasteiger charge is 2.87. The van der Waals surface area contributed by atoms with Crippen molar-refractivity contribution in [3.05, 3.63) is 63.7 Å². The Labute approximate surface area is 271 Å². The average Bonchev–Trinajstić information content (AvgIpc) is 3.54. The first-order chi connectivity index (χ1) is 19.7. The molecule has 13 heteroatoms. The van der Waals surface area contributed by atoms with E-state index < -0.39 is 49.6 Å². The first-order valence-corrected chi connectivity index (χ1v) is 15.4. The van der Waals surface area contributed by atoms with Gasteiger partial charge < -0.3 is 9.64 Å². The molecule has 4 aliphatic rings. The smallest absolute Gasteiger partial charge is 0.316 e. The Bertz CT molecular complexity index is 1580. The highest BCUT2D eigenvalue weighted by molar-refractivity contribution is 6.67. The van der Waals surface area contributed by atoms with Crippen LogP contribution in [0, 0.1) is 24.7 Å². The second-order valence-electron chi connectivity index (χ2n) is 10.9. The third-order valence-electron chi connectivity index (χ3n) is 8.66. The Morgan fingerprint density at radius 1 is 0.929 bits per heavy atom. The van der Waals surface area contributed by atoms with Crippen molar-refractivity contribution in [2.24, 2.45) is 17.8 Å². The minimum absolute atomic E-state index is 0.0235. The van der Waals surface area contributed by atoms with Gasteiger partial charge in [0.2, 0.25) is 17.7 Å². The number of fused-ring (bicyclic) bond motifs is 5. The molecule has 0 spiro atoms. The van der Waals surface area contributed by atoms with Crippen LogP contribution in [0.25, 0.3) is 0 Å². The minimum Gasteiger partial charge on any atom is -0.426 e. The molecule has 2 aromatic rings. The van der Waals surface area contributed by atoms with Gasteiger partial charge in [-0.1, -0.05) is 71.5 Å². The fourth-order valence-electron chi connectivity index (χ4n) is 6.55. The van der Waals surface area contributed by atoms with Gasteiger partial charge in [-0.25, -0.2) is 4.90 Å². The standard InChI is InChI=1S/C29H22Cl6N2O5/c1-3-14-6-4-5-7-18(14)36-12-15(11-19(36)38)26(41)42-16-8-9-17(13(2)10-16)37-24(39)20-21(25(37)40)28(33)23(31)22(30)27(20,32)29(28,34)35/h4-10,15,20-21H,3,11-12H2,1-2H3/t15-,20+,21+,27-,28-/m1/s1. The summed E-state index contributed by atoms with van der Waals surface area (Å²) in [6.45, 7) is 3.85. The molecule has 3 fully saturated rings.